The number of aryl methyl sites for hydroxylation is 2. The number of ether oxygens (including phenoxy) is 1. The molecule has 3 amide bonds. The van der Waals surface area contributed by atoms with Gasteiger partial charge in [0.25, 0.3) is 16.0 Å². The lowest BCUT2D eigenvalue weighted by Gasteiger charge is -2.42. The number of nitrogens with one attached hydrogen (secondary N) is 1. The molecule has 6 aromatic rings. The van der Waals surface area contributed by atoms with Gasteiger partial charge in [-0.2, -0.15) is 8.42 Å². The SMILES string of the molecule is CC(=O)Cc1c(C)c2cc(C)c(N)cc2oc1=O.CC(=O)NN.CCC(=O)CN1C(=O)c2cc(S(=O)(=O)CO)cc3c2C(CC(S(=O)(=O)OC)C3)C1=O.CN1c2cc3c(cc2C(CS(=O)(=O)[O-])=CC1(C)C)C(c1ccccc1C(=O)O)=c1cc2c(cc1O3)=[N+](C)C(C)(C)C=C2CS(=O)(=O)[O-].[CH3+].[CH3+]. The van der Waals surface area contributed by atoms with E-state index in [0.29, 0.717) is 83.6 Å². The number of carbonyl (C=O) groups excluding carboxylic acids is 5. The van der Waals surface area contributed by atoms with Gasteiger partial charge >= 0.3 is 11.6 Å². The number of hydrazine groups is 1. The van der Waals surface area contributed by atoms with Crippen LogP contribution in [0.5, 0.6) is 11.5 Å². The van der Waals surface area contributed by atoms with Gasteiger partial charge in [0.1, 0.15) is 35.9 Å². The first-order valence-electron chi connectivity index (χ1n) is 30.8. The summed E-state index contributed by atoms with van der Waals surface area (Å²) in [6.45, 7) is 15.2. The number of benzene rings is 5. The Labute approximate surface area is 591 Å². The third-order valence-electron chi connectivity index (χ3n) is 18.0. The number of imide groups is 1. The standard InChI is InChI=1S/C34H34N2O9S2.C18H21NO9S2.C14H15NO3.C2H6N2O.2CH3/c1-33(2)15-19(17-46(39,40)41)23-11-25-29(13-27(23)35(33)5)45-30-14-28-24(20(18-47(42,43)44)16-34(3,4)36(28)6)12-26(30)31(25)21-9-7-8-10-22(21)32(37)38;1-3-11(21)8-19-17(22)14-6-12(29(24,25)9-20)4-10-5-13(30(26,27)28-2)7-15(16(10)14)18(19)23;1-7-4-10-9(3)11(5-8(2)16)14(17)18-13(10)6-12(7)15;1-2(5)4-3;;/h7-16H,17-18H2,1-6H3,(H2-,37,38,39,40,41,42,43,44);4,6,13,15,20H,3,5,7-9H2,1-2H3;4,6H,5,15H2,1-3H3;3H2,1H3,(H,4,5);2*1H3/q;;;;2*+1/p-1. The number of carbonyl (C=O) groups is 6. The average molecular weight is 1490 g/mol. The number of anilines is 2. The van der Waals surface area contributed by atoms with Crippen molar-refractivity contribution in [3.8, 4) is 11.5 Å². The second-order valence-corrected chi connectivity index (χ2v) is 32.4. The number of likely N-dealkylation sites (N-methyl/N-ethyl adjacent to an activating group) is 2. The van der Waals surface area contributed by atoms with E-state index >= 15 is 0 Å². The fourth-order valence-corrected chi connectivity index (χ4v) is 15.6. The fourth-order valence-electron chi connectivity index (χ4n) is 12.5. The van der Waals surface area contributed by atoms with Crippen LogP contribution < -0.4 is 47.4 Å². The van der Waals surface area contributed by atoms with E-state index in [1.54, 1.807) is 67.6 Å². The van der Waals surface area contributed by atoms with Gasteiger partial charge in [0.05, 0.1) is 84.2 Å². The molecule has 11 rings (SSSR count). The van der Waals surface area contributed by atoms with Gasteiger partial charge in [0, 0.05) is 117 Å². The van der Waals surface area contributed by atoms with Crippen LogP contribution in [-0.4, -0.2) is 155 Å². The number of nitrogen functional groups attached to an aromatic ring is 1. The summed E-state index contributed by atoms with van der Waals surface area (Å²) < 4.78 is 139. The molecule has 0 saturated carbocycles. The minimum Gasteiger partial charge on any atom is -0.748 e. The minimum absolute atomic E-state index is 0. The van der Waals surface area contributed by atoms with Crippen molar-refractivity contribution in [2.75, 3.05) is 55.8 Å². The Balaban J connectivity index is 0.000000253. The van der Waals surface area contributed by atoms with Crippen molar-refractivity contribution in [1.29, 1.82) is 0 Å². The maximum atomic E-state index is 13.0. The number of Topliss-reactive ketones (excluding diaryl/α,β-unsaturated/α-hetero) is 2. The Bertz CT molecular complexity index is 5250. The molecule has 2 atom stereocenters. The van der Waals surface area contributed by atoms with Crippen LogP contribution in [0.25, 0.3) is 27.7 Å². The van der Waals surface area contributed by atoms with Crippen molar-refractivity contribution in [2.45, 2.75) is 115 Å². The molecular weight excluding hydrogens is 1410 g/mol. The monoisotopic (exact) mass is 1490 g/mol. The van der Waals surface area contributed by atoms with Gasteiger partial charge in [-0.1, -0.05) is 31.2 Å². The van der Waals surface area contributed by atoms with Crippen molar-refractivity contribution in [1.82, 2.24) is 14.9 Å². The van der Waals surface area contributed by atoms with E-state index in [1.807, 2.05) is 76.6 Å². The second kappa shape index (κ2) is 30.3. The first-order valence-corrected chi connectivity index (χ1v) is 37.1. The summed E-state index contributed by atoms with van der Waals surface area (Å²) in [4.78, 5) is 85.3. The zero-order valence-electron chi connectivity index (χ0n) is 58.6. The van der Waals surface area contributed by atoms with Gasteiger partial charge in [-0.3, -0.25) is 38.5 Å². The van der Waals surface area contributed by atoms with E-state index in [4.69, 9.17) is 14.9 Å². The third-order valence-corrected chi connectivity index (χ3v) is 22.3. The van der Waals surface area contributed by atoms with Gasteiger partial charge in [-0.25, -0.2) is 45.3 Å². The predicted molar refractivity (Wildman–Crippen MR) is 380 cm³/mol. The quantitative estimate of drug-likeness (QED) is 0.00901. The van der Waals surface area contributed by atoms with Gasteiger partial charge in [-0.05, 0) is 129 Å². The molecule has 32 heteroatoms. The van der Waals surface area contributed by atoms with Crippen molar-refractivity contribution >= 4 is 115 Å². The summed E-state index contributed by atoms with van der Waals surface area (Å²) in [5, 5.41) is 20.2. The van der Waals surface area contributed by atoms with E-state index in [1.165, 1.54) is 26.0 Å². The summed E-state index contributed by atoms with van der Waals surface area (Å²) >= 11 is 0. The molecule has 4 aliphatic heterocycles. The molecule has 2 unspecified atom stereocenters. The number of ketones is 2. The van der Waals surface area contributed by atoms with E-state index in [9.17, 15) is 86.6 Å². The van der Waals surface area contributed by atoms with Crippen molar-refractivity contribution < 1.29 is 95.1 Å². The van der Waals surface area contributed by atoms with Crippen LogP contribution in [0.4, 0.5) is 11.4 Å². The number of carboxylic acids is 1. The summed E-state index contributed by atoms with van der Waals surface area (Å²) in [6, 6.07) is 19.1. The number of hydrogen-bond donors (Lipinski definition) is 5. The van der Waals surface area contributed by atoms with E-state index in [-0.39, 0.29) is 85.2 Å². The fraction of sp³-hybridized carbons (Fsp3) is 0.343. The van der Waals surface area contributed by atoms with E-state index in [2.05, 4.69) is 10.0 Å². The molecule has 0 fully saturated rings. The van der Waals surface area contributed by atoms with Crippen LogP contribution in [0.1, 0.15) is 138 Å². The highest BCUT2D eigenvalue weighted by atomic mass is 32.2. The number of carboxylic acid groups (broad SMARTS) is 1. The lowest BCUT2D eigenvalue weighted by atomic mass is 9.76. The number of aliphatic hydroxyl groups is 1. The smallest absolute Gasteiger partial charge is 0.340 e. The number of rotatable bonds is 15. The molecule has 102 heavy (non-hydrogen) atoms. The van der Waals surface area contributed by atoms with Crippen LogP contribution in [0.2, 0.25) is 0 Å². The van der Waals surface area contributed by atoms with Gasteiger partial charge in [0.15, 0.2) is 11.3 Å². The lowest BCUT2D eigenvalue weighted by molar-refractivity contribution is -0.134. The van der Waals surface area contributed by atoms with Crippen molar-refractivity contribution in [2.24, 2.45) is 5.84 Å². The average Bonchev–Trinajstić information content (AvgIpc) is 0.723. The lowest BCUT2D eigenvalue weighted by Crippen LogP contribution is -2.50. The van der Waals surface area contributed by atoms with Crippen LogP contribution in [0.15, 0.2) is 99.1 Å². The molecule has 1 aromatic heterocycles. The Kier molecular flexibility index (Phi) is 24.2. The number of sulfone groups is 1. The normalized spacial score (nSPS) is 16.8. The largest absolute Gasteiger partial charge is 0.748 e. The molecule has 5 aromatic carbocycles. The third kappa shape index (κ3) is 16.9. The van der Waals surface area contributed by atoms with Gasteiger partial charge in [0.2, 0.25) is 27.0 Å². The molecule has 7 N–H and O–H groups in total. The summed E-state index contributed by atoms with van der Waals surface area (Å²) in [7, 11) is -12.9. The molecule has 5 aliphatic rings. The summed E-state index contributed by atoms with van der Waals surface area (Å²) in [5.41, 5.74) is 12.9. The topological polar surface area (TPSA) is 448 Å². The minimum atomic E-state index is -4.67. The van der Waals surface area contributed by atoms with Crippen molar-refractivity contribution in [3.63, 3.8) is 0 Å². The number of hydrogen-bond acceptors (Lipinski definition) is 24. The first-order chi connectivity index (χ1) is 46.3. The molecule has 0 saturated heterocycles. The molecule has 0 bridgehead atoms. The van der Waals surface area contributed by atoms with Crippen LogP contribution in [-0.2, 0) is 76.4 Å². The molecular formula is C70H81N6O22S4+. The maximum Gasteiger partial charge on any atom is 0.340 e. The summed E-state index contributed by atoms with van der Waals surface area (Å²) in [5.74, 6) is -1.79. The molecule has 28 nitrogen and oxygen atoms in total. The van der Waals surface area contributed by atoms with Gasteiger partial charge in [-0.15, -0.1) is 0 Å². The van der Waals surface area contributed by atoms with Crippen LogP contribution >= 0.6 is 0 Å². The zero-order valence-corrected chi connectivity index (χ0v) is 61.8. The zero-order chi connectivity index (χ0) is 74.6. The molecule has 546 valence electrons. The van der Waals surface area contributed by atoms with Crippen molar-refractivity contribution in [3.05, 3.63) is 182 Å². The van der Waals surface area contributed by atoms with Crippen LogP contribution in [0, 0.1) is 28.7 Å². The highest BCUT2D eigenvalue weighted by molar-refractivity contribution is 7.91. The number of nitrogens with two attached hydrogens (primary N) is 2. The first kappa shape index (κ1) is 81.6. The van der Waals surface area contributed by atoms with E-state index < -0.39 is 110 Å². The number of aromatic carboxylic acids is 1. The Morgan fingerprint density at radius 1 is 0.814 bits per heavy atom. The Morgan fingerprint density at radius 3 is 1.98 bits per heavy atom. The van der Waals surface area contributed by atoms with E-state index in [0.717, 1.165) is 34.6 Å². The maximum absolute atomic E-state index is 13.0. The molecule has 0 radical (unpaired) electrons. The molecule has 5 heterocycles. The Morgan fingerprint density at radius 2 is 1.42 bits per heavy atom. The predicted octanol–water partition coefficient (Wildman–Crippen LogP) is 4.50. The number of fused-ring (bicyclic) bond motifs is 5. The summed E-state index contributed by atoms with van der Waals surface area (Å²) in [6.07, 6.45) is 3.33. The second-order valence-electron chi connectivity index (χ2n) is 25.7. The Hall–Kier alpha value is -9.38. The van der Waals surface area contributed by atoms with Gasteiger partial charge < -0.3 is 39.1 Å². The number of aliphatic hydroxyl groups excluding tert-OH is 1. The molecule has 1 aliphatic carbocycles. The number of nitrogens with zero attached hydrogens (tertiary/aromatic N) is 3. The molecule has 0 spiro atoms. The van der Waals surface area contributed by atoms with Crippen LogP contribution in [0.3, 0.4) is 0 Å². The number of amides is 3. The highest BCUT2D eigenvalue weighted by Crippen LogP contribution is 2.48. The highest BCUT2D eigenvalue weighted by Gasteiger charge is 2.48.